The van der Waals surface area contributed by atoms with Gasteiger partial charge in [-0.05, 0) is 48.5 Å². The summed E-state index contributed by atoms with van der Waals surface area (Å²) >= 11 is 1.30. The van der Waals surface area contributed by atoms with Gasteiger partial charge >= 0.3 is 0 Å². The summed E-state index contributed by atoms with van der Waals surface area (Å²) in [6.45, 7) is 0. The van der Waals surface area contributed by atoms with Crippen LogP contribution >= 0.6 is 11.8 Å². The number of methoxy groups -OCH3 is 1. The van der Waals surface area contributed by atoms with Crippen molar-refractivity contribution in [2.24, 2.45) is 7.05 Å². The monoisotopic (exact) mass is 370 g/mol. The Balaban J connectivity index is 1.60. The molecule has 0 saturated carbocycles. The Morgan fingerprint density at radius 3 is 2.50 bits per heavy atom. The lowest BCUT2D eigenvalue weighted by atomic mass is 10.2. The normalized spacial score (nSPS) is 10.5. The highest BCUT2D eigenvalue weighted by Crippen LogP contribution is 2.24. The number of anilines is 1. The number of thioether (sulfide) groups is 1. The number of carbonyl (C=O) groups excluding carboxylic acids is 1. The molecule has 0 aliphatic heterocycles. The van der Waals surface area contributed by atoms with Gasteiger partial charge in [-0.2, -0.15) is 0 Å². The average molecular weight is 370 g/mol. The minimum Gasteiger partial charge on any atom is -0.508 e. The highest BCUT2D eigenvalue weighted by molar-refractivity contribution is 7.99. The molecule has 26 heavy (non-hydrogen) atoms. The van der Waals surface area contributed by atoms with Crippen LogP contribution in [0.2, 0.25) is 0 Å². The fraction of sp³-hybridized carbons (Fsp3) is 0.167. The van der Waals surface area contributed by atoms with Gasteiger partial charge in [-0.25, -0.2) is 0 Å². The highest BCUT2D eigenvalue weighted by atomic mass is 32.2. The molecule has 134 valence electrons. The number of aromatic hydroxyl groups is 1. The fourth-order valence-electron chi connectivity index (χ4n) is 2.30. The summed E-state index contributed by atoms with van der Waals surface area (Å²) in [6.07, 6.45) is 0. The van der Waals surface area contributed by atoms with Crippen molar-refractivity contribution in [3.63, 3.8) is 0 Å². The molecule has 1 amide bonds. The third kappa shape index (κ3) is 4.15. The molecule has 0 saturated heterocycles. The second-order valence-corrected chi connectivity index (χ2v) is 6.42. The first-order chi connectivity index (χ1) is 12.6. The summed E-state index contributed by atoms with van der Waals surface area (Å²) in [6, 6.07) is 13.9. The van der Waals surface area contributed by atoms with Crippen molar-refractivity contribution in [3.8, 4) is 22.9 Å². The zero-order valence-corrected chi connectivity index (χ0v) is 15.2. The predicted octanol–water partition coefficient (Wildman–Crippen LogP) is 2.93. The molecule has 3 rings (SSSR count). The molecule has 2 N–H and O–H groups in total. The highest BCUT2D eigenvalue weighted by Gasteiger charge is 2.13. The molecule has 0 bridgehead atoms. The van der Waals surface area contributed by atoms with Gasteiger partial charge in [-0.3, -0.25) is 4.79 Å². The maximum atomic E-state index is 12.1. The van der Waals surface area contributed by atoms with E-state index in [2.05, 4.69) is 15.5 Å². The Bertz CT molecular complexity index is 892. The first kappa shape index (κ1) is 17.8. The van der Waals surface area contributed by atoms with Crippen molar-refractivity contribution in [1.29, 1.82) is 0 Å². The third-order valence-electron chi connectivity index (χ3n) is 3.67. The van der Waals surface area contributed by atoms with Gasteiger partial charge in [0.2, 0.25) is 5.91 Å². The van der Waals surface area contributed by atoms with Gasteiger partial charge in [0, 0.05) is 18.3 Å². The molecule has 0 atom stereocenters. The van der Waals surface area contributed by atoms with E-state index in [1.165, 1.54) is 11.8 Å². The van der Waals surface area contributed by atoms with Gasteiger partial charge in [0.25, 0.3) is 0 Å². The van der Waals surface area contributed by atoms with E-state index in [1.54, 1.807) is 55.6 Å². The number of aromatic nitrogens is 3. The smallest absolute Gasteiger partial charge is 0.234 e. The second-order valence-electron chi connectivity index (χ2n) is 5.48. The zero-order valence-electron chi connectivity index (χ0n) is 14.3. The number of rotatable bonds is 6. The summed E-state index contributed by atoms with van der Waals surface area (Å²) in [4.78, 5) is 12.1. The molecule has 1 aromatic heterocycles. The van der Waals surface area contributed by atoms with E-state index in [0.717, 1.165) is 11.3 Å². The second kappa shape index (κ2) is 7.92. The lowest BCUT2D eigenvalue weighted by molar-refractivity contribution is -0.113. The predicted molar refractivity (Wildman–Crippen MR) is 100 cm³/mol. The maximum Gasteiger partial charge on any atom is 0.234 e. The van der Waals surface area contributed by atoms with E-state index >= 15 is 0 Å². The molecule has 0 unspecified atom stereocenters. The van der Waals surface area contributed by atoms with Crippen LogP contribution in [0.25, 0.3) is 11.4 Å². The molecule has 0 fully saturated rings. The van der Waals surface area contributed by atoms with E-state index in [0.29, 0.717) is 16.7 Å². The Kier molecular flexibility index (Phi) is 5.43. The summed E-state index contributed by atoms with van der Waals surface area (Å²) in [7, 11) is 3.43. The number of benzene rings is 2. The maximum absolute atomic E-state index is 12.1. The van der Waals surface area contributed by atoms with Crippen LogP contribution in [0.15, 0.2) is 53.7 Å². The van der Waals surface area contributed by atoms with Crippen LogP contribution in [0.4, 0.5) is 5.69 Å². The number of nitrogens with one attached hydrogen (secondary N) is 1. The number of phenolic OH excluding ortho intramolecular Hbond substituents is 1. The SMILES string of the molecule is COc1ccc(NC(=O)CSc2nnc(-c3ccc(O)cc3)n2C)cc1. The van der Waals surface area contributed by atoms with Gasteiger partial charge in [0.15, 0.2) is 11.0 Å². The van der Waals surface area contributed by atoms with E-state index in [1.807, 2.05) is 11.6 Å². The number of hydrogen-bond acceptors (Lipinski definition) is 6. The Labute approximate surface area is 155 Å². The molecular formula is C18H18N4O3S. The first-order valence-electron chi connectivity index (χ1n) is 7.82. The molecule has 0 radical (unpaired) electrons. The Morgan fingerprint density at radius 1 is 1.15 bits per heavy atom. The topological polar surface area (TPSA) is 89.3 Å². The molecule has 3 aromatic rings. The van der Waals surface area contributed by atoms with Gasteiger partial charge < -0.3 is 19.7 Å². The number of nitrogens with zero attached hydrogens (tertiary/aromatic N) is 3. The van der Waals surface area contributed by atoms with E-state index < -0.39 is 0 Å². The third-order valence-corrected chi connectivity index (χ3v) is 4.69. The van der Waals surface area contributed by atoms with Crippen molar-refractivity contribution < 1.29 is 14.6 Å². The molecule has 1 heterocycles. The summed E-state index contributed by atoms with van der Waals surface area (Å²) < 4.78 is 6.91. The summed E-state index contributed by atoms with van der Waals surface area (Å²) in [5, 5.41) is 21.1. The largest absolute Gasteiger partial charge is 0.508 e. The molecule has 0 aliphatic carbocycles. The quantitative estimate of drug-likeness (QED) is 0.649. The summed E-state index contributed by atoms with van der Waals surface area (Å²) in [5.74, 6) is 1.68. The average Bonchev–Trinajstić information content (AvgIpc) is 3.02. The van der Waals surface area contributed by atoms with E-state index in [4.69, 9.17) is 4.74 Å². The molecular weight excluding hydrogens is 352 g/mol. The number of hydrogen-bond donors (Lipinski definition) is 2. The van der Waals surface area contributed by atoms with Crippen molar-refractivity contribution in [1.82, 2.24) is 14.8 Å². The lowest BCUT2D eigenvalue weighted by Crippen LogP contribution is -2.14. The van der Waals surface area contributed by atoms with Gasteiger partial charge in [0.05, 0.1) is 12.9 Å². The van der Waals surface area contributed by atoms with E-state index in [9.17, 15) is 9.90 Å². The standard InChI is InChI=1S/C18H18N4O3S/c1-22-17(12-3-7-14(23)8-4-12)20-21-18(22)26-11-16(24)19-13-5-9-15(25-2)10-6-13/h3-10,23H,11H2,1-2H3,(H,19,24). The van der Waals surface area contributed by atoms with Crippen LogP contribution in [-0.2, 0) is 11.8 Å². The van der Waals surface area contributed by atoms with Crippen molar-refractivity contribution in [2.45, 2.75) is 5.16 Å². The molecule has 0 spiro atoms. The van der Waals surface area contributed by atoms with Crippen LogP contribution in [-0.4, -0.2) is 38.6 Å². The number of phenols is 1. The number of amides is 1. The lowest BCUT2D eigenvalue weighted by Gasteiger charge is -2.06. The van der Waals surface area contributed by atoms with Crippen molar-refractivity contribution in [3.05, 3.63) is 48.5 Å². The molecule has 0 aliphatic rings. The summed E-state index contributed by atoms with van der Waals surface area (Å²) in [5.41, 5.74) is 1.55. The van der Waals surface area contributed by atoms with Crippen molar-refractivity contribution in [2.75, 3.05) is 18.2 Å². The Morgan fingerprint density at radius 2 is 1.85 bits per heavy atom. The molecule has 2 aromatic carbocycles. The minimum atomic E-state index is -0.130. The Hall–Kier alpha value is -3.00. The van der Waals surface area contributed by atoms with Crippen LogP contribution in [0.1, 0.15) is 0 Å². The minimum absolute atomic E-state index is 0.130. The van der Waals surface area contributed by atoms with Crippen LogP contribution in [0.5, 0.6) is 11.5 Å². The molecule has 8 heteroatoms. The van der Waals surface area contributed by atoms with Crippen molar-refractivity contribution >= 4 is 23.4 Å². The zero-order chi connectivity index (χ0) is 18.5. The van der Waals surface area contributed by atoms with Crippen LogP contribution < -0.4 is 10.1 Å². The number of ether oxygens (including phenoxy) is 1. The van der Waals surface area contributed by atoms with Gasteiger partial charge in [0.1, 0.15) is 11.5 Å². The molecule has 7 nitrogen and oxygen atoms in total. The van der Waals surface area contributed by atoms with Gasteiger partial charge in [-0.15, -0.1) is 10.2 Å². The van der Waals surface area contributed by atoms with Gasteiger partial charge in [-0.1, -0.05) is 11.8 Å². The van der Waals surface area contributed by atoms with E-state index in [-0.39, 0.29) is 17.4 Å². The number of carbonyl (C=O) groups is 1. The first-order valence-corrected chi connectivity index (χ1v) is 8.81. The van der Waals surface area contributed by atoms with Crippen LogP contribution in [0.3, 0.4) is 0 Å². The van der Waals surface area contributed by atoms with Crippen LogP contribution in [0, 0.1) is 0 Å². The fourth-order valence-corrected chi connectivity index (χ4v) is 3.02.